The predicted octanol–water partition coefficient (Wildman–Crippen LogP) is 1.01. The number of aryl methyl sites for hydroxylation is 3. The maximum atomic E-state index is 12.9. The number of nitrogens with zero attached hydrogens (tertiary/aromatic N) is 6. The zero-order valence-electron chi connectivity index (χ0n) is 15.5. The smallest absolute Gasteiger partial charge is 0.257 e. The minimum absolute atomic E-state index is 0.127. The van der Waals surface area contributed by atoms with Crippen molar-refractivity contribution in [3.05, 3.63) is 41.5 Å². The van der Waals surface area contributed by atoms with E-state index in [1.54, 1.807) is 20.3 Å². The van der Waals surface area contributed by atoms with Gasteiger partial charge < -0.3 is 5.32 Å². The van der Waals surface area contributed by atoms with Crippen molar-refractivity contribution in [3.63, 3.8) is 0 Å². The zero-order chi connectivity index (χ0) is 19.1. The Morgan fingerprint density at radius 1 is 1.30 bits per heavy atom. The van der Waals surface area contributed by atoms with E-state index in [1.807, 2.05) is 33.0 Å². The lowest BCUT2D eigenvalue weighted by Crippen LogP contribution is -2.52. The number of amides is 2. The van der Waals surface area contributed by atoms with Crippen molar-refractivity contribution in [2.75, 3.05) is 11.4 Å². The van der Waals surface area contributed by atoms with Crippen LogP contribution in [0.2, 0.25) is 0 Å². The van der Waals surface area contributed by atoms with Crippen LogP contribution in [-0.4, -0.2) is 48.8 Å². The molecular formula is C18H21N7O2. The molecule has 4 heterocycles. The molecule has 1 aliphatic rings. The number of anilines is 1. The van der Waals surface area contributed by atoms with E-state index in [-0.39, 0.29) is 11.8 Å². The van der Waals surface area contributed by atoms with E-state index < -0.39 is 6.04 Å². The maximum absolute atomic E-state index is 12.9. The van der Waals surface area contributed by atoms with Crippen LogP contribution in [0.25, 0.3) is 5.65 Å². The predicted molar refractivity (Wildman–Crippen MR) is 98.5 cm³/mol. The van der Waals surface area contributed by atoms with Crippen LogP contribution < -0.4 is 10.2 Å². The molecule has 1 saturated heterocycles. The first-order valence-corrected chi connectivity index (χ1v) is 8.88. The Labute approximate surface area is 156 Å². The Hall–Kier alpha value is -3.23. The minimum atomic E-state index is -0.582. The SMILES string of the molecule is Cc1ccn2ncc(C(=O)NC3CCCN(c4cc(C)nn4C)C3=O)c2n1. The molecule has 4 rings (SSSR count). The summed E-state index contributed by atoms with van der Waals surface area (Å²) in [4.78, 5) is 31.8. The molecule has 27 heavy (non-hydrogen) atoms. The van der Waals surface area contributed by atoms with E-state index in [9.17, 15) is 9.59 Å². The highest BCUT2D eigenvalue weighted by Crippen LogP contribution is 2.22. The molecule has 0 spiro atoms. The quantitative estimate of drug-likeness (QED) is 0.745. The molecule has 2 amide bonds. The lowest BCUT2D eigenvalue weighted by atomic mass is 10.0. The third kappa shape index (κ3) is 3.05. The van der Waals surface area contributed by atoms with E-state index in [0.717, 1.165) is 23.6 Å². The highest BCUT2D eigenvalue weighted by atomic mass is 16.2. The van der Waals surface area contributed by atoms with Crippen molar-refractivity contribution in [2.24, 2.45) is 7.05 Å². The fraction of sp³-hybridized carbons (Fsp3) is 0.389. The van der Waals surface area contributed by atoms with E-state index in [0.29, 0.717) is 24.2 Å². The molecular weight excluding hydrogens is 346 g/mol. The number of nitrogens with one attached hydrogen (secondary N) is 1. The van der Waals surface area contributed by atoms with E-state index in [4.69, 9.17) is 0 Å². The fourth-order valence-electron chi connectivity index (χ4n) is 3.44. The number of carbonyl (C=O) groups excluding carboxylic acids is 2. The monoisotopic (exact) mass is 367 g/mol. The molecule has 1 fully saturated rings. The first kappa shape index (κ1) is 17.2. The number of hydrogen-bond donors (Lipinski definition) is 1. The summed E-state index contributed by atoms with van der Waals surface area (Å²) >= 11 is 0. The Bertz CT molecular complexity index is 1040. The van der Waals surface area contributed by atoms with Gasteiger partial charge >= 0.3 is 0 Å². The minimum Gasteiger partial charge on any atom is -0.340 e. The highest BCUT2D eigenvalue weighted by molar-refractivity contribution is 6.04. The first-order valence-electron chi connectivity index (χ1n) is 8.88. The summed E-state index contributed by atoms with van der Waals surface area (Å²) < 4.78 is 3.24. The molecule has 1 unspecified atom stereocenters. The molecule has 0 radical (unpaired) electrons. The average molecular weight is 367 g/mol. The lowest BCUT2D eigenvalue weighted by Gasteiger charge is -2.32. The summed E-state index contributed by atoms with van der Waals surface area (Å²) in [6, 6.07) is 3.11. The first-order chi connectivity index (χ1) is 12.9. The molecule has 1 aliphatic heterocycles. The van der Waals surface area contributed by atoms with Gasteiger partial charge in [-0.3, -0.25) is 19.2 Å². The largest absolute Gasteiger partial charge is 0.340 e. The van der Waals surface area contributed by atoms with E-state index in [1.165, 1.54) is 6.20 Å². The van der Waals surface area contributed by atoms with Crippen molar-refractivity contribution in [2.45, 2.75) is 32.7 Å². The van der Waals surface area contributed by atoms with Crippen molar-refractivity contribution in [1.29, 1.82) is 0 Å². The Morgan fingerprint density at radius 3 is 2.85 bits per heavy atom. The summed E-state index contributed by atoms with van der Waals surface area (Å²) in [5, 5.41) is 11.3. The maximum Gasteiger partial charge on any atom is 0.257 e. The molecule has 0 aliphatic carbocycles. The van der Waals surface area contributed by atoms with Gasteiger partial charge in [0.15, 0.2) is 5.65 Å². The highest BCUT2D eigenvalue weighted by Gasteiger charge is 2.33. The number of fused-ring (bicyclic) bond motifs is 1. The Morgan fingerprint density at radius 2 is 2.11 bits per heavy atom. The van der Waals surface area contributed by atoms with Gasteiger partial charge in [-0.05, 0) is 32.8 Å². The van der Waals surface area contributed by atoms with Crippen LogP contribution in [0.15, 0.2) is 24.5 Å². The number of aromatic nitrogens is 5. The summed E-state index contributed by atoms with van der Waals surface area (Å²) in [7, 11) is 1.81. The average Bonchev–Trinajstić information content (AvgIpc) is 3.19. The Balaban J connectivity index is 1.56. The van der Waals surface area contributed by atoms with Crippen molar-refractivity contribution in [3.8, 4) is 0 Å². The Kier molecular flexibility index (Phi) is 4.14. The third-order valence-corrected chi connectivity index (χ3v) is 4.75. The summed E-state index contributed by atoms with van der Waals surface area (Å²) in [5.74, 6) is 0.271. The van der Waals surface area contributed by atoms with Gasteiger partial charge in [0.2, 0.25) is 0 Å². The normalized spacial score (nSPS) is 17.5. The molecule has 0 aromatic carbocycles. The van der Waals surface area contributed by atoms with Gasteiger partial charge in [-0.15, -0.1) is 0 Å². The molecule has 9 nitrogen and oxygen atoms in total. The van der Waals surface area contributed by atoms with Gasteiger partial charge in [0.05, 0.1) is 11.9 Å². The third-order valence-electron chi connectivity index (χ3n) is 4.75. The van der Waals surface area contributed by atoms with Gasteiger partial charge in [0.1, 0.15) is 17.4 Å². The fourth-order valence-corrected chi connectivity index (χ4v) is 3.44. The second-order valence-electron chi connectivity index (χ2n) is 6.82. The molecule has 0 bridgehead atoms. The van der Waals surface area contributed by atoms with Crippen molar-refractivity contribution in [1.82, 2.24) is 29.7 Å². The molecule has 1 atom stereocenters. The molecule has 9 heteroatoms. The van der Waals surface area contributed by atoms with E-state index in [2.05, 4.69) is 20.5 Å². The number of carbonyl (C=O) groups is 2. The number of hydrogen-bond acceptors (Lipinski definition) is 5. The molecule has 3 aromatic heterocycles. The van der Waals surface area contributed by atoms with Crippen LogP contribution in [0.5, 0.6) is 0 Å². The van der Waals surface area contributed by atoms with Gasteiger partial charge in [0, 0.05) is 31.5 Å². The second kappa shape index (κ2) is 6.49. The van der Waals surface area contributed by atoms with Gasteiger partial charge in [-0.2, -0.15) is 10.2 Å². The van der Waals surface area contributed by atoms with Crippen molar-refractivity contribution >= 4 is 23.3 Å². The van der Waals surface area contributed by atoms with Crippen LogP contribution in [0.3, 0.4) is 0 Å². The van der Waals surface area contributed by atoms with Crippen LogP contribution >= 0.6 is 0 Å². The summed E-state index contributed by atoms with van der Waals surface area (Å²) in [6.07, 6.45) is 4.63. The van der Waals surface area contributed by atoms with E-state index >= 15 is 0 Å². The second-order valence-corrected chi connectivity index (χ2v) is 6.82. The number of rotatable bonds is 3. The lowest BCUT2D eigenvalue weighted by molar-refractivity contribution is -0.121. The molecule has 140 valence electrons. The summed E-state index contributed by atoms with van der Waals surface area (Å²) in [6.45, 7) is 4.35. The van der Waals surface area contributed by atoms with Crippen LogP contribution in [0.1, 0.15) is 34.6 Å². The molecule has 0 saturated carbocycles. The van der Waals surface area contributed by atoms with Gasteiger partial charge in [-0.25, -0.2) is 9.50 Å². The molecule has 3 aromatic rings. The number of piperidine rings is 1. The van der Waals surface area contributed by atoms with Gasteiger partial charge in [0.25, 0.3) is 11.8 Å². The van der Waals surface area contributed by atoms with Crippen LogP contribution in [0, 0.1) is 13.8 Å². The standard InChI is InChI=1S/C18H21N7O2/c1-11-6-8-25-16(20-11)13(10-19-25)17(26)21-14-5-4-7-24(18(14)27)15-9-12(2)22-23(15)3/h6,8-10,14H,4-5,7H2,1-3H3,(H,21,26). The van der Waals surface area contributed by atoms with Crippen LogP contribution in [0.4, 0.5) is 5.82 Å². The van der Waals surface area contributed by atoms with Crippen LogP contribution in [-0.2, 0) is 11.8 Å². The topological polar surface area (TPSA) is 97.4 Å². The van der Waals surface area contributed by atoms with Crippen molar-refractivity contribution < 1.29 is 9.59 Å². The van der Waals surface area contributed by atoms with Gasteiger partial charge in [-0.1, -0.05) is 0 Å². The summed E-state index contributed by atoms with van der Waals surface area (Å²) in [5.41, 5.74) is 2.48. The molecule has 1 N–H and O–H groups in total. The zero-order valence-corrected chi connectivity index (χ0v) is 15.5.